The van der Waals surface area contributed by atoms with Crippen LogP contribution in [0.5, 0.6) is 0 Å². The van der Waals surface area contributed by atoms with Crippen LogP contribution >= 0.6 is 0 Å². The first-order valence-corrected chi connectivity index (χ1v) is 10.8. The van der Waals surface area contributed by atoms with Crippen LogP contribution in [0.1, 0.15) is 44.4 Å². The van der Waals surface area contributed by atoms with E-state index in [1.54, 1.807) is 0 Å². The molecule has 5 heteroatoms. The van der Waals surface area contributed by atoms with Crippen molar-refractivity contribution in [3.05, 3.63) is 71.5 Å². The van der Waals surface area contributed by atoms with Gasteiger partial charge in [-0.15, -0.1) is 0 Å². The molecule has 2 unspecified atom stereocenters. The van der Waals surface area contributed by atoms with Crippen LogP contribution < -0.4 is 0 Å². The Morgan fingerprint density at radius 2 is 1.77 bits per heavy atom. The second-order valence-electron chi connectivity index (χ2n) is 9.56. The van der Waals surface area contributed by atoms with Crippen LogP contribution in [0, 0.1) is 17.7 Å². The van der Waals surface area contributed by atoms with Crippen molar-refractivity contribution in [1.82, 2.24) is 9.80 Å². The number of nitrogens with zero attached hydrogens (tertiary/aromatic N) is 2. The second-order valence-corrected chi connectivity index (χ2v) is 9.56. The van der Waals surface area contributed by atoms with Crippen molar-refractivity contribution in [2.45, 2.75) is 45.4 Å². The Hall–Kier alpha value is -2.40. The van der Waals surface area contributed by atoms with Gasteiger partial charge in [-0.05, 0) is 56.4 Å². The van der Waals surface area contributed by atoms with E-state index in [1.165, 1.54) is 17.7 Å². The molecule has 2 heterocycles. The lowest BCUT2D eigenvalue weighted by Gasteiger charge is -2.43. The van der Waals surface area contributed by atoms with Gasteiger partial charge in [0.2, 0.25) is 0 Å². The number of hydrogen-bond donors (Lipinski definition) is 0. The highest BCUT2D eigenvalue weighted by atomic mass is 19.1. The average molecular weight is 411 g/mol. The molecule has 30 heavy (non-hydrogen) atoms. The summed E-state index contributed by atoms with van der Waals surface area (Å²) in [6.45, 7) is 9.19. The van der Waals surface area contributed by atoms with Crippen LogP contribution in [0.4, 0.5) is 9.18 Å². The van der Waals surface area contributed by atoms with E-state index in [0.29, 0.717) is 18.4 Å². The van der Waals surface area contributed by atoms with Crippen molar-refractivity contribution in [2.24, 2.45) is 11.8 Å². The van der Waals surface area contributed by atoms with E-state index in [9.17, 15) is 9.18 Å². The lowest BCUT2D eigenvalue weighted by atomic mass is 9.79. The molecule has 2 aromatic rings. The van der Waals surface area contributed by atoms with E-state index in [1.807, 2.05) is 43.9 Å². The van der Waals surface area contributed by atoms with Gasteiger partial charge in [-0.2, -0.15) is 0 Å². The fourth-order valence-electron chi connectivity index (χ4n) is 4.91. The zero-order chi connectivity index (χ0) is 21.3. The highest BCUT2D eigenvalue weighted by Gasteiger charge is 2.46. The van der Waals surface area contributed by atoms with Crippen molar-refractivity contribution < 1.29 is 13.9 Å². The number of fused-ring (bicyclic) bond motifs is 1. The Labute approximate surface area is 178 Å². The summed E-state index contributed by atoms with van der Waals surface area (Å²) in [5.41, 5.74) is 1.74. The number of halogens is 1. The van der Waals surface area contributed by atoms with Crippen molar-refractivity contribution in [1.29, 1.82) is 0 Å². The summed E-state index contributed by atoms with van der Waals surface area (Å²) in [7, 11) is 0. The lowest BCUT2D eigenvalue weighted by molar-refractivity contribution is -0.00525. The third-order valence-corrected chi connectivity index (χ3v) is 6.14. The van der Waals surface area contributed by atoms with Gasteiger partial charge in [-0.3, -0.25) is 4.90 Å². The number of piperidine rings is 1. The Kier molecular flexibility index (Phi) is 5.83. The molecule has 0 spiro atoms. The van der Waals surface area contributed by atoms with Crippen molar-refractivity contribution >= 4 is 6.09 Å². The minimum Gasteiger partial charge on any atom is -0.444 e. The number of hydrogen-bond acceptors (Lipinski definition) is 3. The van der Waals surface area contributed by atoms with E-state index in [4.69, 9.17) is 4.74 Å². The SMILES string of the molecule is CC(C)(C)OC(=O)N1CCC2CN(Cc3ccccc3)C[C@H]2C1c1ccc(F)cc1. The molecule has 2 saturated heterocycles. The Bertz CT molecular complexity index is 863. The smallest absolute Gasteiger partial charge is 0.410 e. The summed E-state index contributed by atoms with van der Waals surface area (Å²) >= 11 is 0. The monoisotopic (exact) mass is 410 g/mol. The highest BCUT2D eigenvalue weighted by Crippen LogP contribution is 2.44. The molecule has 0 aliphatic carbocycles. The summed E-state index contributed by atoms with van der Waals surface area (Å²) in [5, 5.41) is 0. The predicted octanol–water partition coefficient (Wildman–Crippen LogP) is 5.26. The number of ether oxygens (including phenoxy) is 1. The number of carbonyl (C=O) groups excluding carboxylic acids is 1. The largest absolute Gasteiger partial charge is 0.444 e. The van der Waals surface area contributed by atoms with Gasteiger partial charge in [0.1, 0.15) is 11.4 Å². The maximum absolute atomic E-state index is 13.6. The zero-order valence-electron chi connectivity index (χ0n) is 18.1. The van der Waals surface area contributed by atoms with E-state index < -0.39 is 5.60 Å². The topological polar surface area (TPSA) is 32.8 Å². The van der Waals surface area contributed by atoms with Gasteiger partial charge >= 0.3 is 6.09 Å². The van der Waals surface area contributed by atoms with Gasteiger partial charge in [0.05, 0.1) is 6.04 Å². The van der Waals surface area contributed by atoms with Crippen molar-refractivity contribution in [3.8, 4) is 0 Å². The molecule has 160 valence electrons. The fraction of sp³-hybridized carbons (Fsp3) is 0.480. The number of rotatable bonds is 3. The first-order chi connectivity index (χ1) is 14.3. The van der Waals surface area contributed by atoms with Crippen LogP contribution in [0.3, 0.4) is 0 Å². The number of carbonyl (C=O) groups is 1. The maximum Gasteiger partial charge on any atom is 0.410 e. The molecule has 0 N–H and O–H groups in total. The average Bonchev–Trinajstić information content (AvgIpc) is 3.10. The number of amides is 1. The molecule has 2 aliphatic rings. The Balaban J connectivity index is 1.59. The Morgan fingerprint density at radius 3 is 2.43 bits per heavy atom. The van der Waals surface area contributed by atoms with Crippen molar-refractivity contribution in [3.63, 3.8) is 0 Å². The molecular weight excluding hydrogens is 379 g/mol. The maximum atomic E-state index is 13.6. The summed E-state index contributed by atoms with van der Waals surface area (Å²) in [4.78, 5) is 17.4. The van der Waals surface area contributed by atoms with Gasteiger partial charge in [0.25, 0.3) is 0 Å². The minimum atomic E-state index is -0.545. The van der Waals surface area contributed by atoms with Crippen molar-refractivity contribution in [2.75, 3.05) is 19.6 Å². The van der Waals surface area contributed by atoms with E-state index >= 15 is 0 Å². The van der Waals surface area contributed by atoms with E-state index in [-0.39, 0.29) is 18.0 Å². The first kappa shape index (κ1) is 20.9. The third-order valence-electron chi connectivity index (χ3n) is 6.14. The summed E-state index contributed by atoms with van der Waals surface area (Å²) < 4.78 is 19.3. The minimum absolute atomic E-state index is 0.0972. The summed E-state index contributed by atoms with van der Waals surface area (Å²) in [6, 6.07) is 17.0. The molecule has 3 atom stereocenters. The quantitative estimate of drug-likeness (QED) is 0.692. The van der Waals surface area contributed by atoms with Gasteiger partial charge in [0.15, 0.2) is 0 Å². The van der Waals surface area contributed by atoms with Gasteiger partial charge in [0, 0.05) is 32.1 Å². The molecule has 2 fully saturated rings. The molecule has 4 rings (SSSR count). The molecule has 2 aliphatic heterocycles. The van der Waals surface area contributed by atoms with Crippen LogP contribution in [0.15, 0.2) is 54.6 Å². The molecule has 4 nitrogen and oxygen atoms in total. The fourth-order valence-corrected chi connectivity index (χ4v) is 4.91. The van der Waals surface area contributed by atoms with Crippen LogP contribution in [0.2, 0.25) is 0 Å². The molecule has 0 saturated carbocycles. The standard InChI is InChI=1S/C25H31FN2O2/c1-25(2,3)30-24(29)28-14-13-20-16-27(15-18-7-5-4-6-8-18)17-22(20)23(28)19-9-11-21(26)12-10-19/h4-12,20,22-23H,13-17H2,1-3H3/t20?,22-,23?/m1/s1. The Morgan fingerprint density at radius 1 is 1.07 bits per heavy atom. The number of likely N-dealkylation sites (tertiary alicyclic amines) is 2. The number of benzene rings is 2. The van der Waals surface area contributed by atoms with Gasteiger partial charge in [-0.25, -0.2) is 9.18 Å². The molecule has 0 radical (unpaired) electrons. The van der Waals surface area contributed by atoms with Crippen LogP contribution in [0.25, 0.3) is 0 Å². The summed E-state index contributed by atoms with van der Waals surface area (Å²) in [5.74, 6) is 0.565. The first-order valence-electron chi connectivity index (χ1n) is 10.8. The van der Waals surface area contributed by atoms with E-state index in [2.05, 4.69) is 29.2 Å². The summed E-state index contributed by atoms with van der Waals surface area (Å²) in [6.07, 6.45) is 0.684. The van der Waals surface area contributed by atoms with Gasteiger partial charge < -0.3 is 9.64 Å². The molecule has 1 amide bonds. The molecule has 0 aromatic heterocycles. The van der Waals surface area contributed by atoms with Crippen LogP contribution in [-0.4, -0.2) is 41.1 Å². The molecule has 0 bridgehead atoms. The third kappa shape index (κ3) is 4.67. The lowest BCUT2D eigenvalue weighted by Crippen LogP contribution is -2.47. The normalized spacial score (nSPS) is 24.5. The highest BCUT2D eigenvalue weighted by molar-refractivity contribution is 5.69. The second kappa shape index (κ2) is 8.38. The molecular formula is C25H31FN2O2. The van der Waals surface area contributed by atoms with Gasteiger partial charge in [-0.1, -0.05) is 42.5 Å². The zero-order valence-corrected chi connectivity index (χ0v) is 18.1. The molecule has 2 aromatic carbocycles. The predicted molar refractivity (Wildman–Crippen MR) is 115 cm³/mol. The van der Waals surface area contributed by atoms with E-state index in [0.717, 1.165) is 31.6 Å². The van der Waals surface area contributed by atoms with Crippen LogP contribution in [-0.2, 0) is 11.3 Å².